The highest BCUT2D eigenvalue weighted by Gasteiger charge is 2.32. The van der Waals surface area contributed by atoms with E-state index in [2.05, 4.69) is 4.72 Å². The fourth-order valence-electron chi connectivity index (χ4n) is 3.03. The molecule has 0 spiro atoms. The number of carbonyl (C=O) groups excluding carboxylic acids is 1. The normalized spacial score (nSPS) is 18.3. The van der Waals surface area contributed by atoms with E-state index < -0.39 is 22.0 Å². The molecule has 2 atom stereocenters. The maximum absolute atomic E-state index is 12.5. The van der Waals surface area contributed by atoms with Gasteiger partial charge in [-0.2, -0.15) is 4.72 Å². The molecule has 1 amide bonds. The molecule has 8 heteroatoms. The van der Waals surface area contributed by atoms with Gasteiger partial charge in [0.15, 0.2) is 0 Å². The smallest absolute Gasteiger partial charge is 0.322 e. The first-order valence-corrected chi connectivity index (χ1v) is 9.77. The molecule has 0 bridgehead atoms. The number of anilines is 1. The third-order valence-electron chi connectivity index (χ3n) is 4.36. The summed E-state index contributed by atoms with van der Waals surface area (Å²) in [7, 11) is -3.97. The molecule has 7 nitrogen and oxygen atoms in total. The number of rotatable bonds is 6. The number of hydrogen-bond donors (Lipinski definition) is 2. The number of nitrogens with zero attached hydrogens (tertiary/aromatic N) is 1. The molecule has 0 saturated carbocycles. The first-order valence-electron chi connectivity index (χ1n) is 8.28. The second-order valence-electron chi connectivity index (χ2n) is 6.64. The van der Waals surface area contributed by atoms with Crippen molar-refractivity contribution in [3.05, 3.63) is 23.8 Å². The van der Waals surface area contributed by atoms with E-state index in [1.54, 1.807) is 31.7 Å². The van der Waals surface area contributed by atoms with Crippen LogP contribution in [-0.2, 0) is 26.0 Å². The van der Waals surface area contributed by atoms with Crippen molar-refractivity contribution in [2.75, 3.05) is 4.90 Å². The lowest BCUT2D eigenvalue weighted by molar-refractivity contribution is -0.140. The predicted octanol–water partition coefficient (Wildman–Crippen LogP) is 1.76. The summed E-state index contributed by atoms with van der Waals surface area (Å²) in [5.41, 5.74) is 1.49. The zero-order valence-electron chi connectivity index (χ0n) is 14.8. The van der Waals surface area contributed by atoms with Crippen LogP contribution in [0.3, 0.4) is 0 Å². The van der Waals surface area contributed by atoms with Crippen LogP contribution in [0.2, 0.25) is 0 Å². The van der Waals surface area contributed by atoms with E-state index in [9.17, 15) is 23.1 Å². The molecule has 2 rings (SSSR count). The first-order chi connectivity index (χ1) is 11.6. The van der Waals surface area contributed by atoms with Crippen LogP contribution in [0.4, 0.5) is 5.69 Å². The first kappa shape index (κ1) is 19.4. The van der Waals surface area contributed by atoms with Crippen molar-refractivity contribution >= 4 is 27.6 Å². The Morgan fingerprint density at radius 3 is 2.52 bits per heavy atom. The van der Waals surface area contributed by atoms with Gasteiger partial charge in [-0.25, -0.2) is 8.42 Å². The number of hydrogen-bond acceptors (Lipinski definition) is 4. The number of aliphatic carboxylic acids is 1. The summed E-state index contributed by atoms with van der Waals surface area (Å²) >= 11 is 0. The maximum Gasteiger partial charge on any atom is 0.322 e. The van der Waals surface area contributed by atoms with Crippen molar-refractivity contribution in [1.29, 1.82) is 0 Å². The molecule has 1 aromatic rings. The largest absolute Gasteiger partial charge is 0.480 e. The van der Waals surface area contributed by atoms with Gasteiger partial charge in [-0.05, 0) is 43.0 Å². The van der Waals surface area contributed by atoms with Crippen LogP contribution < -0.4 is 9.62 Å². The predicted molar refractivity (Wildman–Crippen MR) is 94.0 cm³/mol. The van der Waals surface area contributed by atoms with Crippen LogP contribution in [0.15, 0.2) is 23.1 Å². The zero-order valence-corrected chi connectivity index (χ0v) is 15.6. The highest BCUT2D eigenvalue weighted by atomic mass is 32.2. The molecule has 0 fully saturated rings. The summed E-state index contributed by atoms with van der Waals surface area (Å²) in [5, 5.41) is 9.20. The second-order valence-corrected chi connectivity index (χ2v) is 8.36. The van der Waals surface area contributed by atoms with Gasteiger partial charge in [0.05, 0.1) is 4.90 Å². The van der Waals surface area contributed by atoms with Crippen LogP contribution in [0.1, 0.15) is 39.7 Å². The SMILES string of the molecule is CCC(=O)N1c2ccc(S(=O)(=O)N[C@H](C(=O)O)C(C)C)cc2C[C@H]1C. The molecule has 25 heavy (non-hydrogen) atoms. The Hall–Kier alpha value is -1.93. The lowest BCUT2D eigenvalue weighted by Crippen LogP contribution is -2.44. The standard InChI is InChI=1S/C17H24N2O5S/c1-5-15(20)19-11(4)8-12-9-13(6-7-14(12)19)25(23,24)18-16(10(2)3)17(21)22/h6-7,9-11,16,18H,5,8H2,1-4H3,(H,21,22)/t11-,16+/m1/s1. The number of nitrogens with one attached hydrogen (secondary N) is 1. The van der Waals surface area contributed by atoms with Crippen molar-refractivity contribution in [3.63, 3.8) is 0 Å². The van der Waals surface area contributed by atoms with E-state index in [0.29, 0.717) is 12.8 Å². The van der Waals surface area contributed by atoms with E-state index in [1.807, 2.05) is 6.92 Å². The van der Waals surface area contributed by atoms with Gasteiger partial charge in [-0.1, -0.05) is 20.8 Å². The Kier molecular flexibility index (Phi) is 5.53. The van der Waals surface area contributed by atoms with Gasteiger partial charge in [0, 0.05) is 18.2 Å². The summed E-state index contributed by atoms with van der Waals surface area (Å²) in [6.07, 6.45) is 0.942. The number of amides is 1. The molecule has 1 aromatic carbocycles. The summed E-state index contributed by atoms with van der Waals surface area (Å²) in [5.74, 6) is -1.61. The van der Waals surface area contributed by atoms with Gasteiger partial charge < -0.3 is 10.0 Å². The number of carbonyl (C=O) groups is 2. The van der Waals surface area contributed by atoms with Crippen LogP contribution >= 0.6 is 0 Å². The Balaban J connectivity index is 2.35. The van der Waals surface area contributed by atoms with Crippen LogP contribution in [0, 0.1) is 5.92 Å². The molecule has 0 saturated heterocycles. The van der Waals surface area contributed by atoms with Crippen molar-refractivity contribution in [1.82, 2.24) is 4.72 Å². The van der Waals surface area contributed by atoms with Crippen molar-refractivity contribution in [3.8, 4) is 0 Å². The molecular formula is C17H24N2O5S. The lowest BCUT2D eigenvalue weighted by atomic mass is 10.1. The fraction of sp³-hybridized carbons (Fsp3) is 0.529. The van der Waals surface area contributed by atoms with Crippen molar-refractivity contribution < 1.29 is 23.1 Å². The van der Waals surface area contributed by atoms with Gasteiger partial charge in [-0.3, -0.25) is 9.59 Å². The number of benzene rings is 1. The average Bonchev–Trinajstić information content (AvgIpc) is 2.86. The maximum atomic E-state index is 12.5. The van der Waals surface area contributed by atoms with E-state index >= 15 is 0 Å². The molecule has 1 aliphatic heterocycles. The van der Waals surface area contributed by atoms with Gasteiger partial charge in [0.1, 0.15) is 6.04 Å². The van der Waals surface area contributed by atoms with Crippen LogP contribution in [-0.4, -0.2) is 37.5 Å². The molecule has 1 heterocycles. The molecule has 0 unspecified atom stereocenters. The summed E-state index contributed by atoms with van der Waals surface area (Å²) in [6, 6.07) is 3.32. The number of carboxylic acids is 1. The van der Waals surface area contributed by atoms with Gasteiger partial charge in [-0.15, -0.1) is 0 Å². The summed E-state index contributed by atoms with van der Waals surface area (Å²) in [4.78, 5) is 25.1. The van der Waals surface area contributed by atoms with Crippen molar-refractivity contribution in [2.45, 2.75) is 57.5 Å². The highest BCUT2D eigenvalue weighted by molar-refractivity contribution is 7.89. The van der Waals surface area contributed by atoms with E-state index in [0.717, 1.165) is 11.3 Å². The van der Waals surface area contributed by atoms with E-state index in [1.165, 1.54) is 12.1 Å². The third kappa shape index (κ3) is 3.85. The highest BCUT2D eigenvalue weighted by Crippen LogP contribution is 2.34. The number of fused-ring (bicyclic) bond motifs is 1. The third-order valence-corrected chi connectivity index (χ3v) is 5.80. The molecule has 0 aliphatic carbocycles. The molecule has 1 aliphatic rings. The summed E-state index contributed by atoms with van der Waals surface area (Å²) < 4.78 is 27.3. The van der Waals surface area contributed by atoms with Gasteiger partial charge >= 0.3 is 5.97 Å². The van der Waals surface area contributed by atoms with Gasteiger partial charge in [0.2, 0.25) is 15.9 Å². The minimum Gasteiger partial charge on any atom is -0.480 e. The molecule has 138 valence electrons. The zero-order chi connectivity index (χ0) is 18.9. The Labute approximate surface area is 148 Å². The number of sulfonamides is 1. The Bertz CT molecular complexity index is 788. The summed E-state index contributed by atoms with van der Waals surface area (Å²) in [6.45, 7) is 6.98. The fourth-order valence-corrected chi connectivity index (χ4v) is 4.42. The van der Waals surface area contributed by atoms with Crippen LogP contribution in [0.25, 0.3) is 0 Å². The Morgan fingerprint density at radius 1 is 1.36 bits per heavy atom. The quantitative estimate of drug-likeness (QED) is 0.796. The van der Waals surface area contributed by atoms with Gasteiger partial charge in [0.25, 0.3) is 0 Å². The van der Waals surface area contributed by atoms with Crippen LogP contribution in [0.5, 0.6) is 0 Å². The molecule has 0 aromatic heterocycles. The molecule has 0 radical (unpaired) electrons. The topological polar surface area (TPSA) is 104 Å². The molecular weight excluding hydrogens is 344 g/mol. The lowest BCUT2D eigenvalue weighted by Gasteiger charge is -2.22. The average molecular weight is 368 g/mol. The van der Waals surface area contributed by atoms with Crippen molar-refractivity contribution in [2.24, 2.45) is 5.92 Å². The monoisotopic (exact) mass is 368 g/mol. The van der Waals surface area contributed by atoms with E-state index in [4.69, 9.17) is 0 Å². The van der Waals surface area contributed by atoms with E-state index in [-0.39, 0.29) is 22.8 Å². The Morgan fingerprint density at radius 2 is 2.00 bits per heavy atom. The minimum atomic E-state index is -3.97. The minimum absolute atomic E-state index is 0.00858. The molecule has 2 N–H and O–H groups in total. The second kappa shape index (κ2) is 7.13. The number of carboxylic acid groups (broad SMARTS) is 1.